The Morgan fingerprint density at radius 2 is 2.20 bits per heavy atom. The maximum Gasteiger partial charge on any atom is 0.241 e. The molecule has 1 aromatic carbocycles. The SMILES string of the molecule is Cc1cc(F)c(N)c(C)c1S(=O)(=O)NCC1CCOC1. The number of nitrogens with one attached hydrogen (secondary N) is 1. The van der Waals surface area contributed by atoms with Crippen LogP contribution in [0.25, 0.3) is 0 Å². The van der Waals surface area contributed by atoms with Gasteiger partial charge in [0, 0.05) is 13.2 Å². The van der Waals surface area contributed by atoms with Crippen LogP contribution in [0, 0.1) is 25.6 Å². The minimum atomic E-state index is -3.70. The topological polar surface area (TPSA) is 81.4 Å². The Balaban J connectivity index is 2.27. The van der Waals surface area contributed by atoms with Gasteiger partial charge in [-0.3, -0.25) is 0 Å². The van der Waals surface area contributed by atoms with Crippen molar-refractivity contribution >= 4 is 15.7 Å². The summed E-state index contributed by atoms with van der Waals surface area (Å²) >= 11 is 0. The summed E-state index contributed by atoms with van der Waals surface area (Å²) in [6.07, 6.45) is 0.839. The maximum absolute atomic E-state index is 13.5. The highest BCUT2D eigenvalue weighted by molar-refractivity contribution is 7.89. The quantitative estimate of drug-likeness (QED) is 0.822. The summed E-state index contributed by atoms with van der Waals surface area (Å²) in [5.74, 6) is -0.411. The number of anilines is 1. The maximum atomic E-state index is 13.5. The molecule has 1 fully saturated rings. The molecule has 0 saturated carbocycles. The normalized spacial score (nSPS) is 19.4. The predicted molar refractivity (Wildman–Crippen MR) is 74.4 cm³/mol. The van der Waals surface area contributed by atoms with Gasteiger partial charge < -0.3 is 10.5 Å². The van der Waals surface area contributed by atoms with E-state index in [1.54, 1.807) is 6.92 Å². The van der Waals surface area contributed by atoms with Crippen LogP contribution in [0.3, 0.4) is 0 Å². The van der Waals surface area contributed by atoms with Gasteiger partial charge in [0.25, 0.3) is 0 Å². The third-order valence-electron chi connectivity index (χ3n) is 3.56. The first-order chi connectivity index (χ1) is 9.33. The van der Waals surface area contributed by atoms with Crippen molar-refractivity contribution in [3.8, 4) is 0 Å². The number of aryl methyl sites for hydroxylation is 1. The van der Waals surface area contributed by atoms with Gasteiger partial charge in [-0.25, -0.2) is 17.5 Å². The van der Waals surface area contributed by atoms with Crippen molar-refractivity contribution in [1.82, 2.24) is 4.72 Å². The summed E-state index contributed by atoms with van der Waals surface area (Å²) in [6, 6.07) is 1.15. The minimum absolute atomic E-state index is 0.0651. The first-order valence-electron chi connectivity index (χ1n) is 6.45. The molecule has 1 heterocycles. The van der Waals surface area contributed by atoms with Gasteiger partial charge in [0.2, 0.25) is 10.0 Å². The Labute approximate surface area is 118 Å². The first-order valence-corrected chi connectivity index (χ1v) is 7.94. The van der Waals surface area contributed by atoms with Crippen molar-refractivity contribution in [3.05, 3.63) is 23.0 Å². The molecule has 1 aliphatic heterocycles. The van der Waals surface area contributed by atoms with Gasteiger partial charge in [0.05, 0.1) is 17.2 Å². The standard InChI is InChI=1S/C13H19FN2O3S/c1-8-5-11(14)12(15)9(2)13(8)20(17,18)16-6-10-3-4-19-7-10/h5,10,16H,3-4,6-7,15H2,1-2H3. The summed E-state index contributed by atoms with van der Waals surface area (Å²) in [7, 11) is -3.70. The summed E-state index contributed by atoms with van der Waals surface area (Å²) in [5, 5.41) is 0. The molecule has 2 rings (SSSR count). The smallest absolute Gasteiger partial charge is 0.241 e. The Hall–Kier alpha value is -1.18. The molecule has 3 N–H and O–H groups in total. The predicted octanol–water partition coefficient (Wildman–Crippen LogP) is 1.34. The second kappa shape index (κ2) is 5.67. The number of nitrogens with two attached hydrogens (primary N) is 1. The lowest BCUT2D eigenvalue weighted by atomic mass is 10.1. The van der Waals surface area contributed by atoms with Crippen LogP contribution in [0.2, 0.25) is 0 Å². The van der Waals surface area contributed by atoms with Crippen LogP contribution in [0.1, 0.15) is 17.5 Å². The van der Waals surface area contributed by atoms with Crippen molar-refractivity contribution in [3.63, 3.8) is 0 Å². The van der Waals surface area contributed by atoms with Crippen LogP contribution in [0.4, 0.5) is 10.1 Å². The van der Waals surface area contributed by atoms with Gasteiger partial charge in [-0.2, -0.15) is 0 Å². The zero-order valence-corrected chi connectivity index (χ0v) is 12.4. The number of hydrogen-bond acceptors (Lipinski definition) is 4. The van der Waals surface area contributed by atoms with Crippen molar-refractivity contribution < 1.29 is 17.5 Å². The van der Waals surface area contributed by atoms with E-state index in [4.69, 9.17) is 10.5 Å². The molecular weight excluding hydrogens is 283 g/mol. The molecule has 20 heavy (non-hydrogen) atoms. The van der Waals surface area contributed by atoms with Gasteiger partial charge in [-0.15, -0.1) is 0 Å². The Morgan fingerprint density at radius 1 is 1.50 bits per heavy atom. The Bertz CT molecular complexity index is 611. The third kappa shape index (κ3) is 2.94. The number of benzene rings is 1. The second-order valence-corrected chi connectivity index (χ2v) is 6.83. The number of halogens is 1. The molecule has 0 aromatic heterocycles. The van der Waals surface area contributed by atoms with Crippen LogP contribution >= 0.6 is 0 Å². The molecule has 1 aromatic rings. The van der Waals surface area contributed by atoms with Crippen LogP contribution < -0.4 is 10.5 Å². The van der Waals surface area contributed by atoms with Crippen LogP contribution in [-0.4, -0.2) is 28.2 Å². The molecule has 0 bridgehead atoms. The van der Waals surface area contributed by atoms with Gasteiger partial charge >= 0.3 is 0 Å². The molecule has 1 unspecified atom stereocenters. The molecule has 0 amide bonds. The lowest BCUT2D eigenvalue weighted by Gasteiger charge is -2.15. The Morgan fingerprint density at radius 3 is 2.80 bits per heavy atom. The van der Waals surface area contributed by atoms with E-state index in [0.29, 0.717) is 25.3 Å². The molecule has 0 aliphatic carbocycles. The molecule has 112 valence electrons. The number of nitrogen functional groups attached to an aromatic ring is 1. The van der Waals surface area contributed by atoms with Gasteiger partial charge in [-0.1, -0.05) is 0 Å². The van der Waals surface area contributed by atoms with Crippen LogP contribution in [0.5, 0.6) is 0 Å². The molecule has 1 aliphatic rings. The minimum Gasteiger partial charge on any atom is -0.396 e. The molecule has 0 radical (unpaired) electrons. The van der Waals surface area contributed by atoms with Crippen LogP contribution in [-0.2, 0) is 14.8 Å². The zero-order valence-electron chi connectivity index (χ0n) is 11.6. The van der Waals surface area contributed by atoms with E-state index >= 15 is 0 Å². The highest BCUT2D eigenvalue weighted by Crippen LogP contribution is 2.27. The largest absolute Gasteiger partial charge is 0.396 e. The van der Waals surface area contributed by atoms with E-state index in [0.717, 1.165) is 12.5 Å². The van der Waals surface area contributed by atoms with Crippen molar-refractivity contribution in [2.24, 2.45) is 5.92 Å². The van der Waals surface area contributed by atoms with Gasteiger partial charge in [-0.05, 0) is 43.4 Å². The summed E-state index contributed by atoms with van der Waals surface area (Å²) in [6.45, 7) is 4.61. The van der Waals surface area contributed by atoms with E-state index in [1.165, 1.54) is 6.92 Å². The number of rotatable bonds is 4. The Kier molecular flexibility index (Phi) is 4.31. The highest BCUT2D eigenvalue weighted by Gasteiger charge is 2.25. The first kappa shape index (κ1) is 15.2. The van der Waals surface area contributed by atoms with Crippen molar-refractivity contribution in [1.29, 1.82) is 0 Å². The second-order valence-electron chi connectivity index (χ2n) is 5.12. The number of hydrogen-bond donors (Lipinski definition) is 2. The van der Waals surface area contributed by atoms with E-state index in [-0.39, 0.29) is 22.1 Å². The summed E-state index contributed by atoms with van der Waals surface area (Å²) < 4.78 is 46.0. The average Bonchev–Trinajstić information content (AvgIpc) is 2.86. The van der Waals surface area contributed by atoms with E-state index < -0.39 is 15.8 Å². The fourth-order valence-electron chi connectivity index (χ4n) is 2.39. The van der Waals surface area contributed by atoms with E-state index in [9.17, 15) is 12.8 Å². The molecule has 0 spiro atoms. The van der Waals surface area contributed by atoms with E-state index in [1.807, 2.05) is 0 Å². The fraction of sp³-hybridized carbons (Fsp3) is 0.538. The van der Waals surface area contributed by atoms with Crippen molar-refractivity contribution in [2.45, 2.75) is 25.2 Å². The van der Waals surface area contributed by atoms with Gasteiger partial charge in [0.1, 0.15) is 5.82 Å². The fourth-order valence-corrected chi connectivity index (χ4v) is 3.98. The molecule has 1 atom stereocenters. The molecule has 1 saturated heterocycles. The summed E-state index contributed by atoms with van der Waals surface area (Å²) in [4.78, 5) is 0.0651. The lowest BCUT2D eigenvalue weighted by molar-refractivity contribution is 0.186. The third-order valence-corrected chi connectivity index (χ3v) is 5.27. The van der Waals surface area contributed by atoms with Crippen molar-refractivity contribution in [2.75, 3.05) is 25.5 Å². The lowest BCUT2D eigenvalue weighted by Crippen LogP contribution is -2.31. The average molecular weight is 302 g/mol. The molecule has 5 nitrogen and oxygen atoms in total. The summed E-state index contributed by atoms with van der Waals surface area (Å²) in [5.41, 5.74) is 6.05. The zero-order chi connectivity index (χ0) is 14.9. The molecule has 7 heteroatoms. The molecular formula is C13H19FN2O3S. The van der Waals surface area contributed by atoms with Crippen LogP contribution in [0.15, 0.2) is 11.0 Å². The monoisotopic (exact) mass is 302 g/mol. The number of sulfonamides is 1. The number of ether oxygens (including phenoxy) is 1. The highest BCUT2D eigenvalue weighted by atomic mass is 32.2. The van der Waals surface area contributed by atoms with Gasteiger partial charge in [0.15, 0.2) is 0 Å². The van der Waals surface area contributed by atoms with E-state index in [2.05, 4.69) is 4.72 Å².